The zero-order valence-electron chi connectivity index (χ0n) is 82.1. The molecule has 139 heavy (non-hydrogen) atoms. The van der Waals surface area contributed by atoms with Gasteiger partial charge in [0.25, 0.3) is 5.70 Å². The molecule has 704 valence electrons. The molecular weight excluding hydrogens is 1720 g/mol. The molecule has 3 aliphatic heterocycles. The summed E-state index contributed by atoms with van der Waals surface area (Å²) < 4.78 is 35.5. The summed E-state index contributed by atoms with van der Waals surface area (Å²) in [5.74, 6) is 2.68. The summed E-state index contributed by atoms with van der Waals surface area (Å²) >= 11 is 0. The second-order valence-electron chi connectivity index (χ2n) is 33.8. The Morgan fingerprint density at radius 3 is 0.935 bits per heavy atom. The van der Waals surface area contributed by atoms with Gasteiger partial charge in [0.1, 0.15) is 76.9 Å². The smallest absolute Gasteiger partial charge is 0.292 e. The number of hydrogen-bond donors (Lipinski definition) is 0. The molecule has 3 atom stereocenters. The van der Waals surface area contributed by atoms with E-state index in [0.29, 0.717) is 22.3 Å². The van der Waals surface area contributed by atoms with Crippen molar-refractivity contribution in [3.8, 4) is 59.7 Å². The molecule has 3 heterocycles. The summed E-state index contributed by atoms with van der Waals surface area (Å²) in [6.07, 6.45) is 34.9. The first-order chi connectivity index (χ1) is 67.6. The van der Waals surface area contributed by atoms with Gasteiger partial charge in [0.15, 0.2) is 33.9 Å². The molecule has 0 N–H and O–H groups in total. The number of methoxy groups -OCH3 is 3. The van der Waals surface area contributed by atoms with Gasteiger partial charge < -0.3 is 43.1 Å². The van der Waals surface area contributed by atoms with Crippen LogP contribution >= 0.6 is 0 Å². The van der Waals surface area contributed by atoms with Crippen LogP contribution in [0.3, 0.4) is 0 Å². The van der Waals surface area contributed by atoms with Crippen LogP contribution in [0.15, 0.2) is 298 Å². The Hall–Kier alpha value is -16.6. The van der Waals surface area contributed by atoms with Crippen molar-refractivity contribution in [3.63, 3.8) is 0 Å². The number of benzene rings is 9. The number of nitrogens with zero attached hydrogens (tertiary/aromatic N) is 12. The van der Waals surface area contributed by atoms with Crippen LogP contribution in [-0.4, -0.2) is 66.9 Å². The maximum absolute atomic E-state index is 10.8. The number of anilines is 3. The minimum atomic E-state index is -1.04. The van der Waals surface area contributed by atoms with Gasteiger partial charge in [-0.2, -0.15) is 31.6 Å². The average molecular weight is 1840 g/mol. The third kappa shape index (κ3) is 27.6. The lowest BCUT2D eigenvalue weighted by molar-refractivity contribution is 0.0727. The van der Waals surface area contributed by atoms with Gasteiger partial charge in [0.05, 0.1) is 46.1 Å². The van der Waals surface area contributed by atoms with Crippen molar-refractivity contribution >= 4 is 72.0 Å². The summed E-state index contributed by atoms with van der Waals surface area (Å²) in [4.78, 5) is 25.1. The zero-order chi connectivity index (χ0) is 100. The molecule has 19 nitrogen and oxygen atoms in total. The molecule has 0 bridgehead atoms. The maximum atomic E-state index is 10.8. The van der Waals surface area contributed by atoms with E-state index in [2.05, 4.69) is 157 Å². The monoisotopic (exact) mass is 1840 g/mol. The van der Waals surface area contributed by atoms with Crippen LogP contribution in [0.25, 0.3) is 58.3 Å². The second kappa shape index (κ2) is 54.1. The van der Waals surface area contributed by atoms with E-state index in [4.69, 9.17) is 52.1 Å². The quantitative estimate of drug-likeness (QED) is 0.0151. The van der Waals surface area contributed by atoms with Crippen molar-refractivity contribution in [2.75, 3.05) is 75.3 Å². The molecule has 0 saturated heterocycles. The molecule has 9 aromatic rings. The van der Waals surface area contributed by atoms with Crippen LogP contribution in [0.1, 0.15) is 218 Å². The molecule has 0 fully saturated rings. The number of ether oxygens (including phenoxy) is 6. The van der Waals surface area contributed by atoms with Gasteiger partial charge in [-0.1, -0.05) is 305 Å². The van der Waals surface area contributed by atoms with Gasteiger partial charge in [0.2, 0.25) is 5.70 Å². The Labute approximate surface area is 822 Å². The molecular formula is C120H122N12O7. The molecule has 0 spiro atoms. The minimum absolute atomic E-state index is 0.0112. The minimum Gasteiger partial charge on any atom is -0.500 e. The first-order valence-corrected chi connectivity index (χ1v) is 47.3. The van der Waals surface area contributed by atoms with Crippen LogP contribution in [-0.2, 0) is 31.0 Å². The van der Waals surface area contributed by atoms with E-state index >= 15 is 0 Å². The molecule has 3 aliphatic rings. The highest BCUT2D eigenvalue weighted by Gasteiger charge is 2.46. The third-order valence-corrected chi connectivity index (χ3v) is 24.5. The van der Waals surface area contributed by atoms with Crippen molar-refractivity contribution in [3.05, 3.63) is 388 Å². The molecule has 19 heteroatoms. The fraction of sp³-hybridized carbons (Fsp3) is 0.283. The van der Waals surface area contributed by atoms with Crippen molar-refractivity contribution in [1.29, 1.82) is 36.8 Å². The summed E-state index contributed by atoms with van der Waals surface area (Å²) in [5, 5.41) is 65.9. The first-order valence-electron chi connectivity index (χ1n) is 47.3. The molecule has 0 aromatic heterocycles. The Morgan fingerprint density at radius 1 is 0.360 bits per heavy atom. The van der Waals surface area contributed by atoms with Gasteiger partial charge in [-0.3, -0.25) is 4.79 Å². The van der Waals surface area contributed by atoms with Crippen molar-refractivity contribution in [1.82, 2.24) is 0 Å². The Bertz CT molecular complexity index is 6180. The molecule has 0 aliphatic carbocycles. The number of rotatable bonds is 38. The van der Waals surface area contributed by atoms with E-state index in [-0.39, 0.29) is 51.0 Å². The van der Waals surface area contributed by atoms with Gasteiger partial charge in [-0.15, -0.1) is 0 Å². The van der Waals surface area contributed by atoms with Gasteiger partial charge in [0, 0.05) is 108 Å². The SMILES string of the molecule is CC1=C(C#N)C(=C(C#N)C#N)OC1(C)c1ccccc1.CCCCN(CCCC)c1ccc(/C=C/c2ccc(/C=C/C3=C(C#N)C(=C(C#N)C#N)OC3(C)c3ccccc3)cc2)c(OC)c1.CCCCN(CCCC)c1ccc(/C=C/c2ccc(C=O)cc2)c(OC)c1.[C-]#[N+]C1=C(/C=C/c2ccc(/C=C/c3ccc(N(CCCC)CCCC)cc3OC)cc2)C(C)(c2ccccc2)O/C1=C(\C#N)[N+]#[C-]. The van der Waals surface area contributed by atoms with Crippen LogP contribution in [0.5, 0.6) is 17.2 Å². The number of unbranched alkanes of at least 4 members (excludes halogenated alkanes) is 6. The number of carbonyl (C=O) groups is 1. The molecule has 12 rings (SSSR count). The van der Waals surface area contributed by atoms with E-state index < -0.39 is 16.8 Å². The number of carbonyl (C=O) groups excluding carboxylic acids is 1. The Morgan fingerprint density at radius 2 is 0.647 bits per heavy atom. The van der Waals surface area contributed by atoms with E-state index in [1.807, 2.05) is 239 Å². The largest absolute Gasteiger partial charge is 0.500 e. The van der Waals surface area contributed by atoms with Crippen LogP contribution < -0.4 is 28.9 Å². The standard InChI is InChI=1S/2C40H40N4O2.C24H31NO2.C16H11N3O/c1-7-9-26-44(27-10-8-2)34-24-23-32(37(28-34)45-6)22-20-30-16-18-31(19-17-30)21-25-35-38(43-5)39(36(29-41)42-4)46-40(35,3)33-14-12-11-13-15-33;1-5-7-24-44(25-8-6-2)35-22-21-32(38(26-35)45-4)20-18-30-14-16-31(17-15-30)19-23-37-36(29-43)39(33(27-41)28-42)46-40(37,3)34-12-10-9-11-13-34;1-4-6-16-25(17-7-5-2)23-15-14-22(24(18-23)27-3)13-12-20-8-10-21(19-26)11-9-20;1-11-14(10-19)15(12(8-17)9-18)20-16(11,2)13-6-4-3-5-7-13/h11-25,28H,7-10,26-27H2,1-3,6H3;9-23,26H,5-8,24-25H2,1-4H3;8-15,18-19H,4-7,16-17H2,1-3H3;3-7H,1-2H3/b22-20+,25-21+,39-36+;20-18+,23-19+;13-12+;. The van der Waals surface area contributed by atoms with Crippen LogP contribution in [0.4, 0.5) is 17.1 Å². The average Bonchev–Trinajstić information content (AvgIpc) is 1.56. The van der Waals surface area contributed by atoms with E-state index in [9.17, 15) is 31.1 Å². The Balaban J connectivity index is 0.000000218. The Kier molecular flexibility index (Phi) is 41.3. The van der Waals surface area contributed by atoms with Crippen molar-refractivity contribution in [2.24, 2.45) is 0 Å². The van der Waals surface area contributed by atoms with E-state index in [1.54, 1.807) is 40.4 Å². The van der Waals surface area contributed by atoms with E-state index in [1.165, 1.54) is 81.3 Å². The third-order valence-electron chi connectivity index (χ3n) is 24.5. The topological polar surface area (TPSA) is 257 Å². The predicted molar refractivity (Wildman–Crippen MR) is 560 cm³/mol. The lowest BCUT2D eigenvalue weighted by atomic mass is 9.86. The normalized spacial score (nSPS) is 15.9. The van der Waals surface area contributed by atoms with E-state index in [0.717, 1.165) is 137 Å². The van der Waals surface area contributed by atoms with Crippen molar-refractivity contribution in [2.45, 2.75) is 163 Å². The number of nitriles is 7. The number of allylic oxidation sites excluding steroid dienone is 5. The molecule has 0 amide bonds. The fourth-order valence-electron chi connectivity index (χ4n) is 16.1. The lowest BCUT2D eigenvalue weighted by Crippen LogP contribution is -2.25. The highest BCUT2D eigenvalue weighted by atomic mass is 16.5. The highest BCUT2D eigenvalue weighted by molar-refractivity contribution is 5.80. The molecule has 9 aromatic carbocycles. The summed E-state index contributed by atoms with van der Waals surface area (Å²) in [5.41, 5.74) is 13.8. The summed E-state index contributed by atoms with van der Waals surface area (Å²) in [6, 6.07) is 84.9. The first kappa shape index (κ1) is 106. The maximum Gasteiger partial charge on any atom is 0.292 e. The lowest BCUT2D eigenvalue weighted by Gasteiger charge is -2.28. The molecule has 3 unspecified atom stereocenters. The van der Waals surface area contributed by atoms with Gasteiger partial charge in [-0.05, 0) is 153 Å². The highest BCUT2D eigenvalue weighted by Crippen LogP contribution is 2.51. The molecule has 0 saturated carbocycles. The summed E-state index contributed by atoms with van der Waals surface area (Å²) in [7, 11) is 5.15. The van der Waals surface area contributed by atoms with Crippen LogP contribution in [0.2, 0.25) is 0 Å². The number of aldehydes is 1. The fourth-order valence-corrected chi connectivity index (χ4v) is 16.1. The van der Waals surface area contributed by atoms with Crippen molar-refractivity contribution < 1.29 is 33.2 Å². The van der Waals surface area contributed by atoms with Crippen LogP contribution in [0, 0.1) is 92.5 Å². The van der Waals surface area contributed by atoms with Gasteiger partial charge in [-0.25, -0.2) is 15.0 Å². The predicted octanol–water partition coefficient (Wildman–Crippen LogP) is 28.6. The van der Waals surface area contributed by atoms with Gasteiger partial charge >= 0.3 is 0 Å². The summed E-state index contributed by atoms with van der Waals surface area (Å²) in [6.45, 7) is 42.3. The zero-order valence-corrected chi connectivity index (χ0v) is 82.1. The second-order valence-corrected chi connectivity index (χ2v) is 33.8. The molecule has 0 radical (unpaired) electrons. The number of hydrogen-bond acceptors (Lipinski definition) is 17.